The molecule has 0 bridgehead atoms. The van der Waals surface area contributed by atoms with E-state index in [-0.39, 0.29) is 18.4 Å². The van der Waals surface area contributed by atoms with Gasteiger partial charge in [0.25, 0.3) is 5.91 Å². The molecule has 2 aromatic heterocycles. The van der Waals surface area contributed by atoms with Crippen LogP contribution in [0.25, 0.3) is 0 Å². The fourth-order valence-corrected chi connectivity index (χ4v) is 4.56. The number of anilines is 2. The quantitative estimate of drug-likeness (QED) is 0.428. The predicted molar refractivity (Wildman–Crippen MR) is 135 cm³/mol. The average molecular weight is 480 g/mol. The van der Waals surface area contributed by atoms with Crippen LogP contribution >= 0.6 is 0 Å². The molecule has 1 amide bonds. The van der Waals surface area contributed by atoms with Gasteiger partial charge in [-0.3, -0.25) is 9.78 Å². The van der Waals surface area contributed by atoms with Crippen LogP contribution in [0.4, 0.5) is 11.6 Å². The fourth-order valence-electron chi connectivity index (χ4n) is 4.56. The first kappa shape index (κ1) is 22.0. The summed E-state index contributed by atoms with van der Waals surface area (Å²) in [6.07, 6.45) is 6.77. The number of hydrogen-bond donors (Lipinski definition) is 1. The molecule has 2 aliphatic rings. The van der Waals surface area contributed by atoms with Crippen molar-refractivity contribution in [3.63, 3.8) is 0 Å². The van der Waals surface area contributed by atoms with E-state index >= 15 is 0 Å². The van der Waals surface area contributed by atoms with Crippen molar-refractivity contribution < 1.29 is 14.3 Å². The lowest BCUT2D eigenvalue weighted by atomic mass is 10.1. The molecular weight excluding hydrogens is 454 g/mol. The van der Waals surface area contributed by atoms with Gasteiger partial charge in [0.2, 0.25) is 11.8 Å². The highest BCUT2D eigenvalue weighted by atomic mass is 16.5. The van der Waals surface area contributed by atoms with Crippen molar-refractivity contribution in [2.45, 2.75) is 26.0 Å². The number of nitrogens with zero attached hydrogens (tertiary/aromatic N) is 4. The molecular formula is C28H25N5O3. The summed E-state index contributed by atoms with van der Waals surface area (Å²) < 4.78 is 11.8. The zero-order valence-electron chi connectivity index (χ0n) is 19.7. The molecule has 0 saturated carbocycles. The van der Waals surface area contributed by atoms with Crippen LogP contribution in [0, 0.1) is 0 Å². The van der Waals surface area contributed by atoms with Gasteiger partial charge in [0.1, 0.15) is 17.9 Å². The molecule has 180 valence electrons. The molecule has 0 radical (unpaired) electrons. The first-order chi connectivity index (χ1) is 17.7. The lowest BCUT2D eigenvalue weighted by Crippen LogP contribution is -2.25. The number of aromatic nitrogens is 3. The Balaban J connectivity index is 1.27. The maximum atomic E-state index is 13.1. The number of pyridine rings is 1. The first-order valence-electron chi connectivity index (χ1n) is 12.0. The van der Waals surface area contributed by atoms with E-state index < -0.39 is 0 Å². The molecule has 0 saturated heterocycles. The third-order valence-corrected chi connectivity index (χ3v) is 6.42. The number of benzene rings is 2. The summed E-state index contributed by atoms with van der Waals surface area (Å²) in [6.45, 7) is 2.10. The number of nitrogens with one attached hydrogen (secondary N) is 1. The lowest BCUT2D eigenvalue weighted by Gasteiger charge is -2.19. The van der Waals surface area contributed by atoms with E-state index in [1.807, 2.05) is 36.4 Å². The van der Waals surface area contributed by atoms with Gasteiger partial charge in [0.15, 0.2) is 0 Å². The summed E-state index contributed by atoms with van der Waals surface area (Å²) >= 11 is 0. The second-order valence-corrected chi connectivity index (χ2v) is 8.79. The number of amides is 1. The maximum absolute atomic E-state index is 13.1. The Labute approximate surface area is 209 Å². The summed E-state index contributed by atoms with van der Waals surface area (Å²) in [5, 5.41) is 2.92. The van der Waals surface area contributed by atoms with E-state index in [0.29, 0.717) is 24.7 Å². The van der Waals surface area contributed by atoms with Crippen molar-refractivity contribution in [2.24, 2.45) is 0 Å². The number of hydrogen-bond acceptors (Lipinski definition) is 7. The van der Waals surface area contributed by atoms with Crippen molar-refractivity contribution in [3.05, 3.63) is 101 Å². The topological polar surface area (TPSA) is 89.5 Å². The first-order valence-corrected chi connectivity index (χ1v) is 12.0. The molecule has 4 aromatic rings. The Hall–Kier alpha value is -4.46. The highest BCUT2D eigenvalue weighted by Crippen LogP contribution is 2.33. The summed E-state index contributed by atoms with van der Waals surface area (Å²) in [6, 6.07) is 18.0. The minimum Gasteiger partial charge on any atom is -0.493 e. The van der Waals surface area contributed by atoms with Crippen LogP contribution in [0.2, 0.25) is 0 Å². The second kappa shape index (κ2) is 9.65. The van der Waals surface area contributed by atoms with Crippen molar-refractivity contribution >= 4 is 17.5 Å². The van der Waals surface area contributed by atoms with Crippen LogP contribution in [0.1, 0.15) is 32.6 Å². The third-order valence-electron chi connectivity index (χ3n) is 6.42. The van der Waals surface area contributed by atoms with Gasteiger partial charge in [-0.25, -0.2) is 4.98 Å². The van der Waals surface area contributed by atoms with Crippen molar-refractivity contribution in [2.75, 3.05) is 18.1 Å². The standard InChI is InChI=1S/C28H25N5O3/c34-26(30-16-20-4-3-11-29-15-20)23-17-31-28(33-12-9-21-5-1-2-6-24(21)33)32-27(23)36-18-19-7-8-25-22(14-19)10-13-35-25/h1-8,11,14-15,17H,9-10,12-13,16,18H2,(H,30,34). The van der Waals surface area contributed by atoms with Gasteiger partial charge in [0.05, 0.1) is 6.61 Å². The number of para-hydroxylation sites is 1. The summed E-state index contributed by atoms with van der Waals surface area (Å²) in [5.41, 5.74) is 5.69. The third kappa shape index (κ3) is 4.45. The summed E-state index contributed by atoms with van der Waals surface area (Å²) in [5.74, 6) is 1.39. The number of fused-ring (bicyclic) bond motifs is 2. The van der Waals surface area contributed by atoms with Crippen LogP contribution in [0.3, 0.4) is 0 Å². The second-order valence-electron chi connectivity index (χ2n) is 8.79. The van der Waals surface area contributed by atoms with Crippen LogP contribution in [-0.4, -0.2) is 34.0 Å². The van der Waals surface area contributed by atoms with Gasteiger partial charge in [-0.1, -0.05) is 30.3 Å². The molecule has 6 rings (SSSR count). The molecule has 0 fully saturated rings. The molecule has 0 aliphatic carbocycles. The molecule has 2 aliphatic heterocycles. The number of carbonyl (C=O) groups is 1. The highest BCUT2D eigenvalue weighted by molar-refractivity contribution is 5.96. The summed E-state index contributed by atoms with van der Waals surface area (Å²) in [4.78, 5) is 28.5. The number of carbonyl (C=O) groups excluding carboxylic acids is 1. The normalized spacial score (nSPS) is 13.6. The van der Waals surface area contributed by atoms with Crippen LogP contribution in [0.15, 0.2) is 73.2 Å². The molecule has 1 N–H and O–H groups in total. The van der Waals surface area contributed by atoms with Crippen molar-refractivity contribution in [1.29, 1.82) is 0 Å². The molecule has 2 aromatic carbocycles. The number of rotatable bonds is 7. The van der Waals surface area contributed by atoms with Gasteiger partial charge in [-0.15, -0.1) is 0 Å². The Morgan fingerprint density at radius 1 is 1.03 bits per heavy atom. The highest BCUT2D eigenvalue weighted by Gasteiger charge is 2.25. The van der Waals surface area contributed by atoms with E-state index in [2.05, 4.69) is 38.4 Å². The molecule has 36 heavy (non-hydrogen) atoms. The van der Waals surface area contributed by atoms with E-state index in [4.69, 9.17) is 14.5 Å². The fraction of sp³-hybridized carbons (Fsp3) is 0.214. The van der Waals surface area contributed by atoms with Gasteiger partial charge in [-0.05, 0) is 52.9 Å². The van der Waals surface area contributed by atoms with Gasteiger partial charge < -0.3 is 19.7 Å². The molecule has 0 atom stereocenters. The van der Waals surface area contributed by atoms with Gasteiger partial charge >= 0.3 is 0 Å². The molecule has 0 unspecified atom stereocenters. The maximum Gasteiger partial charge on any atom is 0.258 e. The lowest BCUT2D eigenvalue weighted by molar-refractivity contribution is 0.0945. The van der Waals surface area contributed by atoms with Gasteiger partial charge in [0, 0.05) is 43.8 Å². The molecule has 8 nitrogen and oxygen atoms in total. The molecule has 0 spiro atoms. The average Bonchev–Trinajstić information content (AvgIpc) is 3.58. The number of ether oxygens (including phenoxy) is 2. The Morgan fingerprint density at radius 2 is 1.97 bits per heavy atom. The zero-order valence-corrected chi connectivity index (χ0v) is 19.7. The van der Waals surface area contributed by atoms with E-state index in [1.54, 1.807) is 18.6 Å². The molecule has 8 heteroatoms. The van der Waals surface area contributed by atoms with Crippen LogP contribution < -0.4 is 19.7 Å². The monoisotopic (exact) mass is 479 g/mol. The smallest absolute Gasteiger partial charge is 0.258 e. The van der Waals surface area contributed by atoms with Crippen molar-refractivity contribution in [3.8, 4) is 11.6 Å². The van der Waals surface area contributed by atoms with Crippen LogP contribution in [0.5, 0.6) is 11.6 Å². The Bertz CT molecular complexity index is 1410. The summed E-state index contributed by atoms with van der Waals surface area (Å²) in [7, 11) is 0. The minimum absolute atomic E-state index is 0.254. The Morgan fingerprint density at radius 3 is 2.89 bits per heavy atom. The van der Waals surface area contributed by atoms with Gasteiger partial charge in [-0.2, -0.15) is 4.98 Å². The zero-order chi connectivity index (χ0) is 24.3. The Kier molecular flexibility index (Phi) is 5.91. The molecule has 4 heterocycles. The predicted octanol–water partition coefficient (Wildman–Crippen LogP) is 4.01. The minimum atomic E-state index is -0.301. The largest absolute Gasteiger partial charge is 0.493 e. The van der Waals surface area contributed by atoms with E-state index in [0.717, 1.165) is 42.0 Å². The van der Waals surface area contributed by atoms with Crippen LogP contribution in [-0.2, 0) is 26.0 Å². The van der Waals surface area contributed by atoms with E-state index in [9.17, 15) is 4.79 Å². The van der Waals surface area contributed by atoms with E-state index in [1.165, 1.54) is 11.1 Å². The SMILES string of the molecule is O=C(NCc1cccnc1)c1cnc(N2CCc3ccccc32)nc1OCc1ccc2c(c1)CCO2. The van der Waals surface area contributed by atoms with Crippen molar-refractivity contribution in [1.82, 2.24) is 20.3 Å².